The number of ether oxygens (including phenoxy) is 1. The Morgan fingerprint density at radius 3 is 2.48 bits per heavy atom. The molecule has 1 aliphatic heterocycles. The second kappa shape index (κ2) is 11.9. The first-order valence-electron chi connectivity index (χ1n) is 12.1. The van der Waals surface area contributed by atoms with Crippen LogP contribution in [0.3, 0.4) is 0 Å². The maximum atomic E-state index is 6.43. The minimum absolute atomic E-state index is 0.163. The molecule has 0 saturated carbocycles. The monoisotopic (exact) mass is 429 g/mol. The molecule has 2 unspecified atom stereocenters. The predicted molar refractivity (Wildman–Crippen MR) is 135 cm³/mol. The highest BCUT2D eigenvalue weighted by Gasteiger charge is 2.26. The summed E-state index contributed by atoms with van der Waals surface area (Å²) >= 11 is 0. The van der Waals surface area contributed by atoms with Crippen molar-refractivity contribution in [3.8, 4) is 5.75 Å². The van der Waals surface area contributed by atoms with Crippen LogP contribution in [-0.2, 0) is 0 Å². The Bertz CT molecular complexity index is 671. The first-order valence-corrected chi connectivity index (χ1v) is 12.1. The topological polar surface area (TPSA) is 41.7 Å². The smallest absolute Gasteiger partial charge is 0.119 e. The van der Waals surface area contributed by atoms with E-state index in [1.165, 1.54) is 30.6 Å². The number of likely N-dealkylation sites (tertiary alicyclic amines) is 1. The van der Waals surface area contributed by atoms with Gasteiger partial charge in [-0.2, -0.15) is 0 Å². The second-order valence-corrected chi connectivity index (χ2v) is 11.2. The number of rotatable bonds is 10. The van der Waals surface area contributed by atoms with Gasteiger partial charge in [0.2, 0.25) is 0 Å². The molecule has 31 heavy (non-hydrogen) atoms. The molecular formula is C27H47N3O. The Labute approximate surface area is 191 Å². The number of nitrogens with zero attached hydrogens (tertiary/aromatic N) is 2. The van der Waals surface area contributed by atoms with Crippen LogP contribution >= 0.6 is 0 Å². The second-order valence-electron chi connectivity index (χ2n) is 11.2. The van der Waals surface area contributed by atoms with E-state index in [0.29, 0.717) is 12.0 Å². The standard InChI is InChI=1S/C27H47N3O/c1-21(2)14-16-30(24-10-12-26(13-11-24)31-20-27(5,6)7)25-9-8-15-29(19-25)18-23(28)17-22(3)4/h10-14,22-23,25H,8-9,15-20,28H2,1-7H3. The van der Waals surface area contributed by atoms with Crippen molar-refractivity contribution < 1.29 is 4.74 Å². The molecule has 4 nitrogen and oxygen atoms in total. The summed E-state index contributed by atoms with van der Waals surface area (Å²) in [5, 5.41) is 0. The van der Waals surface area contributed by atoms with Crippen LogP contribution < -0.4 is 15.4 Å². The quantitative estimate of drug-likeness (QED) is 0.483. The first-order chi connectivity index (χ1) is 14.5. The van der Waals surface area contributed by atoms with Crippen LogP contribution in [0, 0.1) is 11.3 Å². The normalized spacial score (nSPS) is 18.7. The van der Waals surface area contributed by atoms with Gasteiger partial charge in [0, 0.05) is 37.4 Å². The number of benzene rings is 1. The van der Waals surface area contributed by atoms with Gasteiger partial charge in [-0.15, -0.1) is 0 Å². The summed E-state index contributed by atoms with van der Waals surface area (Å²) in [5.74, 6) is 1.61. The number of nitrogens with two attached hydrogens (primary N) is 1. The average molecular weight is 430 g/mol. The van der Waals surface area contributed by atoms with E-state index in [1.54, 1.807) is 0 Å². The Hall–Kier alpha value is -1.52. The van der Waals surface area contributed by atoms with Crippen LogP contribution in [0.4, 0.5) is 5.69 Å². The number of piperidine rings is 1. The number of allylic oxidation sites excluding steroid dienone is 1. The van der Waals surface area contributed by atoms with E-state index < -0.39 is 0 Å². The molecule has 1 aromatic rings. The lowest BCUT2D eigenvalue weighted by Crippen LogP contribution is -2.51. The lowest BCUT2D eigenvalue weighted by molar-refractivity contribution is 0.188. The van der Waals surface area contributed by atoms with E-state index in [-0.39, 0.29) is 11.5 Å². The molecule has 0 aromatic heterocycles. The number of hydrogen-bond acceptors (Lipinski definition) is 4. The summed E-state index contributed by atoms with van der Waals surface area (Å²) in [6, 6.07) is 9.47. The van der Waals surface area contributed by atoms with Crippen molar-refractivity contribution in [3.63, 3.8) is 0 Å². The fourth-order valence-electron chi connectivity index (χ4n) is 4.24. The molecule has 176 valence electrons. The van der Waals surface area contributed by atoms with Crippen molar-refractivity contribution in [3.05, 3.63) is 35.9 Å². The van der Waals surface area contributed by atoms with Gasteiger partial charge in [0.1, 0.15) is 5.75 Å². The third kappa shape index (κ3) is 9.65. The molecule has 1 heterocycles. The largest absolute Gasteiger partial charge is 0.493 e. The molecular weight excluding hydrogens is 382 g/mol. The zero-order valence-electron chi connectivity index (χ0n) is 21.2. The highest BCUT2D eigenvalue weighted by atomic mass is 16.5. The van der Waals surface area contributed by atoms with Crippen LogP contribution in [0.15, 0.2) is 35.9 Å². The van der Waals surface area contributed by atoms with Crippen LogP contribution in [-0.4, -0.2) is 49.8 Å². The van der Waals surface area contributed by atoms with Crippen molar-refractivity contribution in [2.45, 2.75) is 79.8 Å². The Morgan fingerprint density at radius 1 is 1.23 bits per heavy atom. The summed E-state index contributed by atoms with van der Waals surface area (Å²) in [7, 11) is 0. The minimum atomic E-state index is 0.163. The molecule has 2 atom stereocenters. The molecule has 0 radical (unpaired) electrons. The fourth-order valence-corrected chi connectivity index (χ4v) is 4.24. The van der Waals surface area contributed by atoms with E-state index in [1.807, 2.05) is 0 Å². The van der Waals surface area contributed by atoms with E-state index >= 15 is 0 Å². The third-order valence-electron chi connectivity index (χ3n) is 5.72. The molecule has 0 aliphatic carbocycles. The highest BCUT2D eigenvalue weighted by Crippen LogP contribution is 2.27. The maximum absolute atomic E-state index is 6.43. The summed E-state index contributed by atoms with van der Waals surface area (Å²) in [5.41, 5.74) is 9.24. The van der Waals surface area contributed by atoms with E-state index in [0.717, 1.165) is 38.4 Å². The molecule has 1 saturated heterocycles. The van der Waals surface area contributed by atoms with Gasteiger partial charge in [-0.05, 0) is 75.3 Å². The van der Waals surface area contributed by atoms with Gasteiger partial charge in [0.15, 0.2) is 0 Å². The summed E-state index contributed by atoms with van der Waals surface area (Å²) < 4.78 is 5.99. The molecule has 1 aliphatic rings. The van der Waals surface area contributed by atoms with Gasteiger partial charge in [0.25, 0.3) is 0 Å². The van der Waals surface area contributed by atoms with Gasteiger partial charge in [-0.25, -0.2) is 0 Å². The molecule has 2 N–H and O–H groups in total. The van der Waals surface area contributed by atoms with E-state index in [9.17, 15) is 0 Å². The molecule has 0 spiro atoms. The lowest BCUT2D eigenvalue weighted by Gasteiger charge is -2.41. The van der Waals surface area contributed by atoms with Crippen molar-refractivity contribution in [2.24, 2.45) is 17.1 Å². The molecule has 0 amide bonds. The zero-order chi connectivity index (χ0) is 23.0. The summed E-state index contributed by atoms with van der Waals surface area (Å²) in [6.45, 7) is 20.4. The Morgan fingerprint density at radius 2 is 1.90 bits per heavy atom. The molecule has 4 heteroatoms. The van der Waals surface area contributed by atoms with Crippen LogP contribution in [0.25, 0.3) is 0 Å². The third-order valence-corrected chi connectivity index (χ3v) is 5.72. The first kappa shape index (κ1) is 25.7. The van der Waals surface area contributed by atoms with E-state index in [2.05, 4.69) is 88.6 Å². The number of hydrogen-bond donors (Lipinski definition) is 1. The molecule has 2 rings (SSSR count). The number of anilines is 1. The van der Waals surface area contributed by atoms with Crippen LogP contribution in [0.1, 0.15) is 67.7 Å². The predicted octanol–water partition coefficient (Wildman–Crippen LogP) is 5.72. The molecule has 0 bridgehead atoms. The van der Waals surface area contributed by atoms with Gasteiger partial charge < -0.3 is 15.4 Å². The Balaban J connectivity index is 2.09. The van der Waals surface area contributed by atoms with Gasteiger partial charge in [-0.3, -0.25) is 4.90 Å². The van der Waals surface area contributed by atoms with Gasteiger partial charge in [0.05, 0.1) is 6.61 Å². The molecule has 1 fully saturated rings. The van der Waals surface area contributed by atoms with Crippen molar-refractivity contribution in [1.29, 1.82) is 0 Å². The van der Waals surface area contributed by atoms with Crippen molar-refractivity contribution in [1.82, 2.24) is 4.90 Å². The van der Waals surface area contributed by atoms with Crippen LogP contribution in [0.2, 0.25) is 0 Å². The van der Waals surface area contributed by atoms with E-state index in [4.69, 9.17) is 10.5 Å². The van der Waals surface area contributed by atoms with Crippen molar-refractivity contribution >= 4 is 5.69 Å². The fraction of sp³-hybridized carbons (Fsp3) is 0.704. The molecule has 1 aromatic carbocycles. The van der Waals surface area contributed by atoms with Gasteiger partial charge in [-0.1, -0.05) is 46.3 Å². The zero-order valence-corrected chi connectivity index (χ0v) is 21.2. The highest BCUT2D eigenvalue weighted by molar-refractivity contribution is 5.51. The van der Waals surface area contributed by atoms with Crippen LogP contribution in [0.5, 0.6) is 5.75 Å². The van der Waals surface area contributed by atoms with Crippen molar-refractivity contribution in [2.75, 3.05) is 37.7 Å². The summed E-state index contributed by atoms with van der Waals surface area (Å²) in [6.07, 6.45) is 5.90. The average Bonchev–Trinajstić information content (AvgIpc) is 2.66. The maximum Gasteiger partial charge on any atom is 0.119 e. The SMILES string of the molecule is CC(C)=CCN(c1ccc(OCC(C)(C)C)cc1)C1CCCN(CC(N)CC(C)C)C1. The van der Waals surface area contributed by atoms with Gasteiger partial charge >= 0.3 is 0 Å². The summed E-state index contributed by atoms with van der Waals surface area (Å²) in [4.78, 5) is 5.15. The lowest BCUT2D eigenvalue weighted by atomic mass is 9.99. The Kier molecular flexibility index (Phi) is 9.90. The minimum Gasteiger partial charge on any atom is -0.493 e.